The second-order valence-electron chi connectivity index (χ2n) is 6.50. The molecular weight excluding hydrogens is 322 g/mol. The van der Waals surface area contributed by atoms with E-state index in [1.165, 1.54) is 24.3 Å². The van der Waals surface area contributed by atoms with Crippen molar-refractivity contribution >= 4 is 28.9 Å². The average Bonchev–Trinajstić information content (AvgIpc) is 2.65. The number of rotatable bonds is 2. The summed E-state index contributed by atoms with van der Waals surface area (Å²) < 4.78 is 0. The molecular formula is C18H17N3O4. The van der Waals surface area contributed by atoms with Gasteiger partial charge in [0, 0.05) is 17.7 Å². The normalized spacial score (nSPS) is 15.8. The van der Waals surface area contributed by atoms with Crippen LogP contribution in [0.15, 0.2) is 48.5 Å². The predicted molar refractivity (Wildman–Crippen MR) is 93.7 cm³/mol. The second-order valence-corrected chi connectivity index (χ2v) is 6.50. The van der Waals surface area contributed by atoms with Crippen molar-refractivity contribution in [2.75, 3.05) is 10.2 Å². The number of nitrogens with one attached hydrogen (secondary N) is 1. The number of nitrogens with zero attached hydrogens (tertiary/aromatic N) is 2. The number of amides is 2. The maximum atomic E-state index is 13.1. The minimum Gasteiger partial charge on any atom is -0.324 e. The number of non-ortho nitro benzene ring substituents is 1. The van der Waals surface area contributed by atoms with Crippen molar-refractivity contribution in [3.05, 3.63) is 64.2 Å². The van der Waals surface area contributed by atoms with Crippen molar-refractivity contribution in [1.29, 1.82) is 0 Å². The molecule has 0 spiro atoms. The summed E-state index contributed by atoms with van der Waals surface area (Å²) in [4.78, 5) is 37.2. The summed E-state index contributed by atoms with van der Waals surface area (Å²) in [6.07, 6.45) is 0.139. The lowest BCUT2D eigenvalue weighted by Gasteiger charge is -2.37. The van der Waals surface area contributed by atoms with E-state index in [0.717, 1.165) is 0 Å². The third-order valence-electron chi connectivity index (χ3n) is 4.15. The fourth-order valence-corrected chi connectivity index (χ4v) is 3.01. The molecule has 128 valence electrons. The van der Waals surface area contributed by atoms with Gasteiger partial charge < -0.3 is 10.2 Å². The highest BCUT2D eigenvalue weighted by molar-refractivity contribution is 6.11. The molecule has 0 atom stereocenters. The van der Waals surface area contributed by atoms with E-state index in [4.69, 9.17) is 0 Å². The quantitative estimate of drug-likeness (QED) is 0.670. The van der Waals surface area contributed by atoms with E-state index in [1.807, 2.05) is 13.8 Å². The molecule has 0 unspecified atom stereocenters. The van der Waals surface area contributed by atoms with Crippen LogP contribution in [0.5, 0.6) is 0 Å². The zero-order chi connectivity index (χ0) is 18.2. The Morgan fingerprint density at radius 1 is 1.16 bits per heavy atom. The third kappa shape index (κ3) is 3.08. The van der Waals surface area contributed by atoms with Crippen LogP contribution in [-0.4, -0.2) is 22.3 Å². The highest BCUT2D eigenvalue weighted by Gasteiger charge is 2.38. The van der Waals surface area contributed by atoms with Crippen LogP contribution in [0.4, 0.5) is 17.1 Å². The molecule has 2 aromatic rings. The summed E-state index contributed by atoms with van der Waals surface area (Å²) in [5.41, 5.74) is 0.650. The van der Waals surface area contributed by atoms with E-state index in [2.05, 4.69) is 5.32 Å². The molecule has 0 saturated carbocycles. The smallest absolute Gasteiger partial charge is 0.269 e. The van der Waals surface area contributed by atoms with Crippen molar-refractivity contribution in [2.45, 2.75) is 25.8 Å². The third-order valence-corrected chi connectivity index (χ3v) is 4.15. The number of para-hydroxylation sites is 2. The van der Waals surface area contributed by atoms with E-state index in [9.17, 15) is 19.7 Å². The number of fused-ring (bicyclic) bond motifs is 1. The number of hydrogen-bond acceptors (Lipinski definition) is 4. The first-order valence-corrected chi connectivity index (χ1v) is 7.77. The highest BCUT2D eigenvalue weighted by atomic mass is 16.6. The van der Waals surface area contributed by atoms with Gasteiger partial charge in [-0.25, -0.2) is 0 Å². The fourth-order valence-electron chi connectivity index (χ4n) is 3.01. The minimum atomic E-state index is -0.754. The van der Waals surface area contributed by atoms with Gasteiger partial charge in [-0.05, 0) is 38.1 Å². The van der Waals surface area contributed by atoms with E-state index < -0.39 is 10.5 Å². The van der Waals surface area contributed by atoms with Gasteiger partial charge >= 0.3 is 0 Å². The number of anilines is 2. The highest BCUT2D eigenvalue weighted by Crippen LogP contribution is 2.37. The molecule has 0 bridgehead atoms. The van der Waals surface area contributed by atoms with Crippen molar-refractivity contribution in [3.8, 4) is 0 Å². The predicted octanol–water partition coefficient (Wildman–Crippen LogP) is 3.36. The van der Waals surface area contributed by atoms with E-state index >= 15 is 0 Å². The van der Waals surface area contributed by atoms with Crippen LogP contribution in [-0.2, 0) is 4.79 Å². The molecule has 1 heterocycles. The van der Waals surface area contributed by atoms with Crippen LogP contribution in [0.25, 0.3) is 0 Å². The molecule has 0 aromatic heterocycles. The Balaban J connectivity index is 2.07. The van der Waals surface area contributed by atoms with Crippen molar-refractivity contribution in [1.82, 2.24) is 0 Å². The van der Waals surface area contributed by atoms with Gasteiger partial charge in [-0.1, -0.05) is 12.1 Å². The summed E-state index contributed by atoms with van der Waals surface area (Å²) in [6, 6.07) is 12.5. The summed E-state index contributed by atoms with van der Waals surface area (Å²) in [5.74, 6) is -0.486. The second kappa shape index (κ2) is 6.01. The number of carbonyl (C=O) groups is 2. The maximum absolute atomic E-state index is 13.1. The Morgan fingerprint density at radius 3 is 2.44 bits per heavy atom. The van der Waals surface area contributed by atoms with Gasteiger partial charge in [-0.15, -0.1) is 0 Å². The SMILES string of the molecule is CC1(C)CC(=O)Nc2ccccc2N1C(=O)c1ccc([N+](=O)[O-])cc1. The largest absolute Gasteiger partial charge is 0.324 e. The van der Waals surface area contributed by atoms with Crippen LogP contribution in [0.1, 0.15) is 30.6 Å². The average molecular weight is 339 g/mol. The molecule has 1 aliphatic rings. The number of carbonyl (C=O) groups excluding carboxylic acids is 2. The van der Waals surface area contributed by atoms with Crippen LogP contribution in [0, 0.1) is 10.1 Å². The monoisotopic (exact) mass is 339 g/mol. The number of nitro groups is 1. The summed E-state index contributed by atoms with van der Waals surface area (Å²) >= 11 is 0. The first-order chi connectivity index (χ1) is 11.8. The van der Waals surface area contributed by atoms with Gasteiger partial charge in [-0.2, -0.15) is 0 Å². The summed E-state index contributed by atoms with van der Waals surface area (Å²) in [5, 5.41) is 13.6. The van der Waals surface area contributed by atoms with Gasteiger partial charge in [0.1, 0.15) is 0 Å². The Hall–Kier alpha value is -3.22. The molecule has 0 aliphatic carbocycles. The van der Waals surface area contributed by atoms with E-state index in [1.54, 1.807) is 29.2 Å². The van der Waals surface area contributed by atoms with Crippen LogP contribution < -0.4 is 10.2 Å². The standard InChI is InChI=1S/C18H17N3O4/c1-18(2)11-16(22)19-14-5-3-4-6-15(14)20(18)17(23)12-7-9-13(10-8-12)21(24)25/h3-10H,11H2,1-2H3,(H,19,22). The zero-order valence-electron chi connectivity index (χ0n) is 13.9. The van der Waals surface area contributed by atoms with Gasteiger partial charge in [0.05, 0.1) is 28.3 Å². The molecule has 0 fully saturated rings. The molecule has 7 heteroatoms. The fraction of sp³-hybridized carbons (Fsp3) is 0.222. The van der Waals surface area contributed by atoms with E-state index in [0.29, 0.717) is 16.9 Å². The van der Waals surface area contributed by atoms with Gasteiger partial charge in [0.15, 0.2) is 0 Å². The number of benzene rings is 2. The Labute approximate surface area is 144 Å². The Morgan fingerprint density at radius 2 is 1.80 bits per heavy atom. The Kier molecular flexibility index (Phi) is 4.00. The van der Waals surface area contributed by atoms with Crippen molar-refractivity contribution in [3.63, 3.8) is 0 Å². The molecule has 1 aliphatic heterocycles. The molecule has 2 amide bonds. The molecule has 1 N–H and O–H groups in total. The van der Waals surface area contributed by atoms with Gasteiger partial charge in [-0.3, -0.25) is 19.7 Å². The maximum Gasteiger partial charge on any atom is 0.269 e. The van der Waals surface area contributed by atoms with Crippen LogP contribution >= 0.6 is 0 Å². The van der Waals surface area contributed by atoms with Crippen LogP contribution in [0.3, 0.4) is 0 Å². The zero-order valence-corrected chi connectivity index (χ0v) is 13.9. The lowest BCUT2D eigenvalue weighted by atomic mass is 9.96. The first-order valence-electron chi connectivity index (χ1n) is 7.77. The molecule has 3 rings (SSSR count). The molecule has 0 radical (unpaired) electrons. The lowest BCUT2D eigenvalue weighted by Crippen LogP contribution is -2.48. The summed E-state index contributed by atoms with van der Waals surface area (Å²) in [7, 11) is 0. The minimum absolute atomic E-state index is 0.0797. The topological polar surface area (TPSA) is 92.6 Å². The van der Waals surface area contributed by atoms with E-state index in [-0.39, 0.29) is 23.9 Å². The first kappa shape index (κ1) is 16.6. The lowest BCUT2D eigenvalue weighted by molar-refractivity contribution is -0.384. The van der Waals surface area contributed by atoms with Crippen molar-refractivity contribution in [2.24, 2.45) is 0 Å². The van der Waals surface area contributed by atoms with Crippen molar-refractivity contribution < 1.29 is 14.5 Å². The molecule has 2 aromatic carbocycles. The van der Waals surface area contributed by atoms with Crippen LogP contribution in [0.2, 0.25) is 0 Å². The van der Waals surface area contributed by atoms with Gasteiger partial charge in [0.2, 0.25) is 5.91 Å². The molecule has 7 nitrogen and oxygen atoms in total. The number of hydrogen-bond donors (Lipinski definition) is 1. The molecule has 25 heavy (non-hydrogen) atoms. The summed E-state index contributed by atoms with van der Waals surface area (Å²) in [6.45, 7) is 3.63. The van der Waals surface area contributed by atoms with Gasteiger partial charge in [0.25, 0.3) is 11.6 Å². The molecule has 0 saturated heterocycles. The number of nitro benzene ring substituents is 1. The Bertz CT molecular complexity index is 859.